The maximum atomic E-state index is 13.2. The van der Waals surface area contributed by atoms with Gasteiger partial charge in [0.05, 0.1) is 32.0 Å². The summed E-state index contributed by atoms with van der Waals surface area (Å²) in [6.07, 6.45) is 30.5. The van der Waals surface area contributed by atoms with Gasteiger partial charge in [-0.15, -0.1) is 0 Å². The first-order chi connectivity index (χ1) is 33.1. The Morgan fingerprint density at radius 3 is 1.43 bits per heavy atom. The van der Waals surface area contributed by atoms with E-state index in [1.807, 2.05) is 6.08 Å². The predicted molar refractivity (Wildman–Crippen MR) is 268 cm³/mol. The number of nitrogens with one attached hydrogen (secondary N) is 1. The lowest BCUT2D eigenvalue weighted by molar-refractivity contribution is -0.359. The number of carbonyl (C=O) groups is 1. The van der Waals surface area contributed by atoms with E-state index >= 15 is 0 Å². The topological polar surface area (TPSA) is 228 Å². The molecule has 2 aliphatic rings. The largest absolute Gasteiger partial charge is 0.394 e. The van der Waals surface area contributed by atoms with Crippen LogP contribution in [0.4, 0.5) is 0 Å². The van der Waals surface area contributed by atoms with E-state index in [2.05, 4.69) is 43.5 Å². The normalized spacial score (nSPS) is 26.6. The van der Waals surface area contributed by atoms with Crippen molar-refractivity contribution in [2.75, 3.05) is 19.8 Å². The summed E-state index contributed by atoms with van der Waals surface area (Å²) in [5.74, 6) is -0.253. The Morgan fingerprint density at radius 2 is 0.941 bits per heavy atom. The maximum absolute atomic E-state index is 13.2. The molecule has 9 N–H and O–H groups in total. The van der Waals surface area contributed by atoms with Gasteiger partial charge >= 0.3 is 0 Å². The zero-order chi connectivity index (χ0) is 49.6. The predicted octanol–water partition coefficient (Wildman–Crippen LogP) is 7.88. The molecule has 12 unspecified atom stereocenters. The van der Waals surface area contributed by atoms with Crippen molar-refractivity contribution in [1.29, 1.82) is 0 Å². The summed E-state index contributed by atoms with van der Waals surface area (Å²) in [6.45, 7) is 2.72. The first kappa shape index (κ1) is 62.3. The molecule has 14 nitrogen and oxygen atoms in total. The number of hydrogen-bond acceptors (Lipinski definition) is 13. The Labute approximate surface area is 411 Å². The number of allylic oxidation sites excluding steroid dienone is 5. The highest BCUT2D eigenvalue weighted by Crippen LogP contribution is 2.30. The summed E-state index contributed by atoms with van der Waals surface area (Å²) < 4.78 is 22.7. The summed E-state index contributed by atoms with van der Waals surface area (Å²) in [6, 6.07) is -0.933. The van der Waals surface area contributed by atoms with Gasteiger partial charge in [-0.3, -0.25) is 4.79 Å². The van der Waals surface area contributed by atoms with Crippen molar-refractivity contribution in [2.45, 2.75) is 280 Å². The van der Waals surface area contributed by atoms with Gasteiger partial charge in [-0.1, -0.05) is 198 Å². The van der Waals surface area contributed by atoms with Gasteiger partial charge in [0.15, 0.2) is 12.6 Å². The highest BCUT2D eigenvalue weighted by molar-refractivity contribution is 5.76. The molecule has 2 heterocycles. The number of hydrogen-bond donors (Lipinski definition) is 9. The summed E-state index contributed by atoms with van der Waals surface area (Å²) in [7, 11) is 0. The molecule has 68 heavy (non-hydrogen) atoms. The second-order valence-electron chi connectivity index (χ2n) is 19.3. The molecular weight excluding hydrogens is 871 g/mol. The number of amides is 1. The third-order valence-corrected chi connectivity index (χ3v) is 13.3. The SMILES string of the molecule is CCCC/C=C/CC/C=C/CC/C=C/C(O)C(COC1OC(CO)C(OC2OC(CO)C(O)C(O)C2O)C(O)C1O)NC(=O)CCCCCCCCCCCCCCCCCCCCCCCC. The minimum absolute atomic E-state index is 0.253. The Morgan fingerprint density at radius 1 is 0.515 bits per heavy atom. The second kappa shape index (κ2) is 40.8. The number of aliphatic hydroxyl groups excluding tert-OH is 8. The monoisotopic (exact) mass is 970 g/mol. The van der Waals surface area contributed by atoms with Gasteiger partial charge in [-0.25, -0.2) is 0 Å². The Balaban J connectivity index is 1.77. The van der Waals surface area contributed by atoms with E-state index in [0.29, 0.717) is 12.8 Å². The molecule has 0 aromatic rings. The van der Waals surface area contributed by atoms with Gasteiger partial charge in [-0.05, 0) is 38.5 Å². The number of rotatable bonds is 42. The van der Waals surface area contributed by atoms with E-state index in [1.165, 1.54) is 128 Å². The third kappa shape index (κ3) is 27.1. The molecule has 0 aliphatic carbocycles. The Hall–Kier alpha value is -1.79. The van der Waals surface area contributed by atoms with Crippen LogP contribution < -0.4 is 5.32 Å². The fourth-order valence-electron chi connectivity index (χ4n) is 8.84. The molecule has 0 saturated carbocycles. The minimum Gasteiger partial charge on any atom is -0.394 e. The van der Waals surface area contributed by atoms with Crippen LogP contribution in [0.25, 0.3) is 0 Å². The van der Waals surface area contributed by atoms with Crippen LogP contribution >= 0.6 is 0 Å². The van der Waals surface area contributed by atoms with Crippen molar-refractivity contribution in [2.24, 2.45) is 0 Å². The zero-order valence-electron chi connectivity index (χ0n) is 42.3. The molecule has 0 aromatic heterocycles. The lowest BCUT2D eigenvalue weighted by atomic mass is 9.97. The molecular formula is C54H99NO13. The molecule has 1 amide bonds. The van der Waals surface area contributed by atoms with Crippen LogP contribution in [0.2, 0.25) is 0 Å². The molecule has 0 aromatic carbocycles. The molecule has 2 aliphatic heterocycles. The quantitative estimate of drug-likeness (QED) is 0.0210. The fourth-order valence-corrected chi connectivity index (χ4v) is 8.84. The summed E-state index contributed by atoms with van der Waals surface area (Å²) in [4.78, 5) is 13.2. The Kier molecular flexibility index (Phi) is 37.4. The van der Waals surface area contributed by atoms with Crippen LogP contribution in [-0.4, -0.2) is 140 Å². The van der Waals surface area contributed by atoms with E-state index in [4.69, 9.17) is 18.9 Å². The molecule has 0 bridgehead atoms. The van der Waals surface area contributed by atoms with E-state index in [-0.39, 0.29) is 18.9 Å². The van der Waals surface area contributed by atoms with Crippen LogP contribution in [-0.2, 0) is 23.7 Å². The van der Waals surface area contributed by atoms with Crippen molar-refractivity contribution >= 4 is 5.91 Å². The van der Waals surface area contributed by atoms with Crippen LogP contribution in [0.3, 0.4) is 0 Å². The first-order valence-corrected chi connectivity index (χ1v) is 27.2. The van der Waals surface area contributed by atoms with Crippen LogP contribution in [0.15, 0.2) is 36.5 Å². The van der Waals surface area contributed by atoms with Gasteiger partial charge < -0.3 is 65.1 Å². The van der Waals surface area contributed by atoms with Gasteiger partial charge in [0.1, 0.15) is 48.8 Å². The average Bonchev–Trinajstić information content (AvgIpc) is 3.34. The minimum atomic E-state index is -1.79. The second-order valence-corrected chi connectivity index (χ2v) is 19.3. The zero-order valence-corrected chi connectivity index (χ0v) is 42.3. The fraction of sp³-hybridized carbons (Fsp3) is 0.870. The van der Waals surface area contributed by atoms with E-state index in [0.717, 1.165) is 44.9 Å². The lowest BCUT2D eigenvalue weighted by Crippen LogP contribution is -2.65. The smallest absolute Gasteiger partial charge is 0.220 e. The van der Waals surface area contributed by atoms with Crippen molar-refractivity contribution in [3.8, 4) is 0 Å². The number of ether oxygens (including phenoxy) is 4. The molecule has 398 valence electrons. The van der Waals surface area contributed by atoms with E-state index < -0.39 is 86.8 Å². The molecule has 2 rings (SSSR count). The molecule has 0 radical (unpaired) electrons. The van der Waals surface area contributed by atoms with Crippen molar-refractivity contribution < 1.29 is 64.6 Å². The van der Waals surface area contributed by atoms with Gasteiger partial charge in [-0.2, -0.15) is 0 Å². The first-order valence-electron chi connectivity index (χ1n) is 27.2. The molecule has 14 heteroatoms. The van der Waals surface area contributed by atoms with Crippen LogP contribution in [0.1, 0.15) is 206 Å². The Bertz CT molecular complexity index is 1280. The standard InChI is InChI=1S/C54H99NO13/c1-3-5-7-9-11-13-15-17-18-19-20-21-22-23-24-25-26-28-30-32-34-36-38-46(59)55-42(43(58)37-35-33-31-29-27-16-14-12-10-8-6-4-2)41-65-53-51(64)49(62)52(45(40-57)67-53)68-54-50(63)48(61)47(60)44(39-56)66-54/h10,12,27,29,35,37,42-45,47-54,56-58,60-64H,3-9,11,13-26,28,30-34,36,38-41H2,1-2H3,(H,55,59)/b12-10+,29-27+,37-35+. The van der Waals surface area contributed by atoms with Crippen LogP contribution in [0.5, 0.6) is 0 Å². The summed E-state index contributed by atoms with van der Waals surface area (Å²) in [5.41, 5.74) is 0. The van der Waals surface area contributed by atoms with Crippen molar-refractivity contribution in [3.05, 3.63) is 36.5 Å². The molecule has 2 fully saturated rings. The van der Waals surface area contributed by atoms with Gasteiger partial charge in [0.25, 0.3) is 0 Å². The lowest BCUT2D eigenvalue weighted by Gasteiger charge is -2.46. The molecule has 2 saturated heterocycles. The third-order valence-electron chi connectivity index (χ3n) is 13.3. The van der Waals surface area contributed by atoms with Crippen molar-refractivity contribution in [3.63, 3.8) is 0 Å². The summed E-state index contributed by atoms with van der Waals surface area (Å²) >= 11 is 0. The summed E-state index contributed by atoms with van der Waals surface area (Å²) in [5, 5.41) is 86.7. The highest BCUT2D eigenvalue weighted by Gasteiger charge is 2.51. The van der Waals surface area contributed by atoms with Crippen molar-refractivity contribution in [1.82, 2.24) is 5.32 Å². The number of aliphatic hydroxyl groups is 8. The highest BCUT2D eigenvalue weighted by atomic mass is 16.7. The van der Waals surface area contributed by atoms with Gasteiger partial charge in [0.2, 0.25) is 5.91 Å². The average molecular weight is 970 g/mol. The van der Waals surface area contributed by atoms with E-state index in [1.54, 1.807) is 6.08 Å². The van der Waals surface area contributed by atoms with Crippen LogP contribution in [0, 0.1) is 0 Å². The number of carbonyl (C=O) groups excluding carboxylic acids is 1. The molecule has 0 spiro atoms. The van der Waals surface area contributed by atoms with Gasteiger partial charge in [0, 0.05) is 6.42 Å². The number of unbranched alkanes of at least 4 members (excludes halogenated alkanes) is 25. The maximum Gasteiger partial charge on any atom is 0.220 e. The molecule has 12 atom stereocenters. The van der Waals surface area contributed by atoms with E-state index in [9.17, 15) is 45.6 Å².